The predicted molar refractivity (Wildman–Crippen MR) is 102 cm³/mol. The minimum absolute atomic E-state index is 0.0170. The van der Waals surface area contributed by atoms with Gasteiger partial charge >= 0.3 is 0 Å². The molecule has 0 radical (unpaired) electrons. The van der Waals surface area contributed by atoms with Crippen LogP contribution in [-0.4, -0.2) is 32.0 Å². The molecule has 138 valence electrons. The Kier molecular flexibility index (Phi) is 7.17. The van der Waals surface area contributed by atoms with Crippen molar-refractivity contribution in [2.24, 2.45) is 5.73 Å². The smallest absolute Gasteiger partial charge is 0.253 e. The fourth-order valence-electron chi connectivity index (χ4n) is 2.62. The van der Waals surface area contributed by atoms with Crippen LogP contribution in [0.25, 0.3) is 0 Å². The van der Waals surface area contributed by atoms with Crippen molar-refractivity contribution in [3.63, 3.8) is 0 Å². The second-order valence-corrected chi connectivity index (χ2v) is 6.02. The van der Waals surface area contributed by atoms with Crippen LogP contribution < -0.4 is 21.1 Å². The van der Waals surface area contributed by atoms with E-state index in [4.69, 9.17) is 10.5 Å². The molecule has 2 rings (SSSR count). The van der Waals surface area contributed by atoms with Crippen LogP contribution in [0.3, 0.4) is 0 Å². The number of benzene rings is 2. The van der Waals surface area contributed by atoms with Crippen molar-refractivity contribution in [1.29, 1.82) is 0 Å². The van der Waals surface area contributed by atoms with Crippen LogP contribution in [0.1, 0.15) is 35.2 Å². The van der Waals surface area contributed by atoms with E-state index in [1.54, 1.807) is 31.4 Å². The Morgan fingerprint density at radius 3 is 2.65 bits per heavy atom. The molecule has 1 atom stereocenters. The first kappa shape index (κ1) is 19.5. The molecule has 0 heterocycles. The molecule has 0 aliphatic heterocycles. The summed E-state index contributed by atoms with van der Waals surface area (Å²) in [5, 5.41) is 5.55. The van der Waals surface area contributed by atoms with Crippen molar-refractivity contribution in [2.45, 2.75) is 19.3 Å². The van der Waals surface area contributed by atoms with Crippen molar-refractivity contribution in [3.8, 4) is 5.75 Å². The quantitative estimate of drug-likeness (QED) is 0.678. The molecule has 0 fully saturated rings. The molecule has 4 N–H and O–H groups in total. The Morgan fingerprint density at radius 2 is 1.92 bits per heavy atom. The Balaban J connectivity index is 2.04. The number of hydrogen-bond donors (Lipinski definition) is 3. The lowest BCUT2D eigenvalue weighted by atomic mass is 9.97. The number of nitrogens with two attached hydrogens (primary N) is 1. The zero-order chi connectivity index (χ0) is 18.9. The molecule has 26 heavy (non-hydrogen) atoms. The van der Waals surface area contributed by atoms with Gasteiger partial charge in [-0.25, -0.2) is 0 Å². The van der Waals surface area contributed by atoms with Crippen molar-refractivity contribution >= 4 is 17.5 Å². The molecule has 0 spiro atoms. The Morgan fingerprint density at radius 1 is 1.15 bits per heavy atom. The maximum atomic E-state index is 12.4. The van der Waals surface area contributed by atoms with Gasteiger partial charge in [-0.1, -0.05) is 31.2 Å². The minimum atomic E-state index is -0.257. The number of anilines is 1. The number of nitrogens with one attached hydrogen (secondary N) is 2. The largest absolute Gasteiger partial charge is 0.497 e. The topological polar surface area (TPSA) is 93.4 Å². The van der Waals surface area contributed by atoms with Crippen LogP contribution in [0.15, 0.2) is 48.5 Å². The van der Waals surface area contributed by atoms with Gasteiger partial charge in [0.2, 0.25) is 5.91 Å². The van der Waals surface area contributed by atoms with E-state index < -0.39 is 0 Å². The lowest BCUT2D eigenvalue weighted by Gasteiger charge is -2.15. The van der Waals surface area contributed by atoms with Crippen LogP contribution in [0.4, 0.5) is 5.69 Å². The summed E-state index contributed by atoms with van der Waals surface area (Å²) in [5.41, 5.74) is 7.34. The fraction of sp³-hybridized carbons (Fsp3) is 0.300. The number of ether oxygens (including phenoxy) is 1. The van der Waals surface area contributed by atoms with E-state index >= 15 is 0 Å². The number of methoxy groups -OCH3 is 1. The highest BCUT2D eigenvalue weighted by Gasteiger charge is 2.15. The second-order valence-electron chi connectivity index (χ2n) is 6.02. The number of carbonyl (C=O) groups excluding carboxylic acids is 2. The summed E-state index contributed by atoms with van der Waals surface area (Å²) in [7, 11) is 1.61. The van der Waals surface area contributed by atoms with Gasteiger partial charge in [0, 0.05) is 19.5 Å². The molecule has 2 aromatic carbocycles. The zero-order valence-corrected chi connectivity index (χ0v) is 15.1. The summed E-state index contributed by atoms with van der Waals surface area (Å²) in [6.07, 6.45) is 0.298. The van der Waals surface area contributed by atoms with Gasteiger partial charge in [-0.2, -0.15) is 0 Å². The Hall–Kier alpha value is -2.86. The summed E-state index contributed by atoms with van der Waals surface area (Å²) in [6.45, 7) is 2.72. The van der Waals surface area contributed by atoms with Crippen LogP contribution in [0, 0.1) is 0 Å². The van der Waals surface area contributed by atoms with E-state index in [2.05, 4.69) is 10.6 Å². The van der Waals surface area contributed by atoms with Crippen molar-refractivity contribution in [1.82, 2.24) is 5.32 Å². The molecule has 0 aromatic heterocycles. The van der Waals surface area contributed by atoms with E-state index in [1.807, 2.05) is 31.2 Å². The average Bonchev–Trinajstić information content (AvgIpc) is 2.66. The van der Waals surface area contributed by atoms with Crippen molar-refractivity contribution in [3.05, 3.63) is 59.7 Å². The van der Waals surface area contributed by atoms with Crippen LogP contribution in [0.2, 0.25) is 0 Å². The third-order valence-electron chi connectivity index (χ3n) is 4.03. The predicted octanol–water partition coefficient (Wildman–Crippen LogP) is 2.52. The molecule has 1 unspecified atom stereocenters. The van der Waals surface area contributed by atoms with E-state index in [1.165, 1.54) is 0 Å². The summed E-state index contributed by atoms with van der Waals surface area (Å²) < 4.78 is 5.23. The number of hydrogen-bond acceptors (Lipinski definition) is 4. The zero-order valence-electron chi connectivity index (χ0n) is 15.1. The molecular formula is C20H25N3O3. The number of rotatable bonds is 8. The average molecular weight is 355 g/mol. The first-order valence-electron chi connectivity index (χ1n) is 8.56. The van der Waals surface area contributed by atoms with E-state index in [-0.39, 0.29) is 17.7 Å². The molecule has 6 heteroatoms. The normalized spacial score (nSPS) is 11.5. The molecule has 2 aromatic rings. The molecule has 0 saturated heterocycles. The van der Waals surface area contributed by atoms with Gasteiger partial charge in [0.05, 0.1) is 18.4 Å². The first-order chi connectivity index (χ1) is 12.5. The number of amides is 2. The molecule has 2 amide bonds. The number of carbonyl (C=O) groups is 2. The summed E-state index contributed by atoms with van der Waals surface area (Å²) in [4.78, 5) is 24.6. The van der Waals surface area contributed by atoms with Gasteiger partial charge in [-0.05, 0) is 35.7 Å². The third kappa shape index (κ3) is 5.32. The van der Waals surface area contributed by atoms with Gasteiger partial charge in [-0.3, -0.25) is 9.59 Å². The van der Waals surface area contributed by atoms with Gasteiger partial charge in [-0.15, -0.1) is 0 Å². The maximum Gasteiger partial charge on any atom is 0.253 e. The fourth-order valence-corrected chi connectivity index (χ4v) is 2.62. The van der Waals surface area contributed by atoms with Gasteiger partial charge in [0.1, 0.15) is 5.75 Å². The van der Waals surface area contributed by atoms with E-state index in [0.29, 0.717) is 30.8 Å². The molecule has 0 aliphatic carbocycles. The summed E-state index contributed by atoms with van der Waals surface area (Å²) >= 11 is 0. The lowest BCUT2D eigenvalue weighted by Crippen LogP contribution is -2.30. The minimum Gasteiger partial charge on any atom is -0.497 e. The molecule has 0 bridgehead atoms. The highest BCUT2D eigenvalue weighted by Crippen LogP contribution is 2.24. The number of para-hydroxylation sites is 1. The van der Waals surface area contributed by atoms with Crippen molar-refractivity contribution < 1.29 is 14.3 Å². The van der Waals surface area contributed by atoms with Gasteiger partial charge in [0.25, 0.3) is 5.91 Å². The van der Waals surface area contributed by atoms with Crippen LogP contribution in [0.5, 0.6) is 5.75 Å². The van der Waals surface area contributed by atoms with E-state index in [9.17, 15) is 9.59 Å². The summed E-state index contributed by atoms with van der Waals surface area (Å²) in [6, 6.07) is 14.6. The SMILES string of the molecule is COc1cccc(C(C)CC(=O)Nc2ccccc2C(=O)NCCN)c1. The monoisotopic (exact) mass is 355 g/mol. The van der Waals surface area contributed by atoms with Crippen molar-refractivity contribution in [2.75, 3.05) is 25.5 Å². The Labute approximate surface area is 153 Å². The highest BCUT2D eigenvalue weighted by atomic mass is 16.5. The lowest BCUT2D eigenvalue weighted by molar-refractivity contribution is -0.116. The first-order valence-corrected chi connectivity index (χ1v) is 8.56. The van der Waals surface area contributed by atoms with E-state index in [0.717, 1.165) is 11.3 Å². The molecule has 6 nitrogen and oxygen atoms in total. The van der Waals surface area contributed by atoms with Crippen LogP contribution in [-0.2, 0) is 4.79 Å². The molecule has 0 saturated carbocycles. The maximum absolute atomic E-state index is 12.4. The van der Waals surface area contributed by atoms with Crippen LogP contribution >= 0.6 is 0 Å². The third-order valence-corrected chi connectivity index (χ3v) is 4.03. The second kappa shape index (κ2) is 9.58. The molecular weight excluding hydrogens is 330 g/mol. The standard InChI is InChI=1S/C20H25N3O3/c1-14(15-6-5-7-16(13-15)26-2)12-19(24)23-18-9-4-3-8-17(18)20(25)22-11-10-21/h3-9,13-14H,10-12,21H2,1-2H3,(H,22,25)(H,23,24). The summed E-state index contributed by atoms with van der Waals surface area (Å²) in [5.74, 6) is 0.367. The Bertz CT molecular complexity index is 761. The van der Waals surface area contributed by atoms with Gasteiger partial charge < -0.3 is 21.1 Å². The molecule has 0 aliphatic rings. The van der Waals surface area contributed by atoms with Gasteiger partial charge in [0.15, 0.2) is 0 Å². The highest BCUT2D eigenvalue weighted by molar-refractivity contribution is 6.03.